The Kier molecular flexibility index (Phi) is 7.78. The normalized spacial score (nSPS) is 14.6. The molecule has 142 valence electrons. The summed E-state index contributed by atoms with van der Waals surface area (Å²) in [4.78, 5) is 42.1. The molecular formula is C20H29N3O3. The Morgan fingerprint density at radius 1 is 0.846 bits per heavy atom. The third-order valence-corrected chi connectivity index (χ3v) is 4.65. The third-order valence-electron chi connectivity index (χ3n) is 4.65. The van der Waals surface area contributed by atoms with Gasteiger partial charge in [0.1, 0.15) is 0 Å². The molecule has 2 rings (SSSR count). The van der Waals surface area contributed by atoms with Crippen molar-refractivity contribution in [2.75, 3.05) is 46.8 Å². The van der Waals surface area contributed by atoms with Gasteiger partial charge in [0.15, 0.2) is 5.78 Å². The Balaban J connectivity index is 1.67. The highest BCUT2D eigenvalue weighted by Gasteiger charge is 2.23. The van der Waals surface area contributed by atoms with E-state index < -0.39 is 0 Å². The first-order valence-electron chi connectivity index (χ1n) is 9.26. The highest BCUT2D eigenvalue weighted by Crippen LogP contribution is 2.10. The quantitative estimate of drug-likeness (QED) is 0.663. The van der Waals surface area contributed by atoms with Crippen molar-refractivity contribution < 1.29 is 14.4 Å². The van der Waals surface area contributed by atoms with E-state index in [9.17, 15) is 14.4 Å². The summed E-state index contributed by atoms with van der Waals surface area (Å²) >= 11 is 0. The van der Waals surface area contributed by atoms with Crippen molar-refractivity contribution in [1.82, 2.24) is 14.7 Å². The standard InChI is InChI=1S/C20H29N3O3/c1-21(2)12-11-20(26)23-15-13-22(14-16-23)19(25)10-6-9-18(24)17-7-4-3-5-8-17/h3-5,7-8H,6,9-16H2,1-2H3. The van der Waals surface area contributed by atoms with E-state index in [0.717, 1.165) is 6.54 Å². The predicted octanol–water partition coefficient (Wildman–Crippen LogP) is 1.66. The molecule has 0 spiro atoms. The largest absolute Gasteiger partial charge is 0.339 e. The Bertz CT molecular complexity index is 608. The molecule has 1 aromatic rings. The van der Waals surface area contributed by atoms with Gasteiger partial charge in [0.05, 0.1) is 0 Å². The summed E-state index contributed by atoms with van der Waals surface area (Å²) < 4.78 is 0. The summed E-state index contributed by atoms with van der Waals surface area (Å²) in [6.45, 7) is 3.10. The van der Waals surface area contributed by atoms with E-state index in [1.807, 2.05) is 47.0 Å². The van der Waals surface area contributed by atoms with Crippen molar-refractivity contribution in [2.45, 2.75) is 25.7 Å². The van der Waals surface area contributed by atoms with Crippen molar-refractivity contribution in [2.24, 2.45) is 0 Å². The first kappa shape index (κ1) is 20.1. The number of rotatable bonds is 8. The molecule has 0 unspecified atom stereocenters. The second-order valence-corrected chi connectivity index (χ2v) is 6.96. The molecule has 1 fully saturated rings. The first-order valence-corrected chi connectivity index (χ1v) is 9.26. The Labute approximate surface area is 155 Å². The summed E-state index contributed by atoms with van der Waals surface area (Å²) in [5, 5.41) is 0. The fourth-order valence-electron chi connectivity index (χ4n) is 3.01. The number of carbonyl (C=O) groups excluding carboxylic acids is 3. The number of ketones is 1. The van der Waals surface area contributed by atoms with Gasteiger partial charge in [-0.25, -0.2) is 0 Å². The van der Waals surface area contributed by atoms with Crippen LogP contribution in [0.3, 0.4) is 0 Å². The maximum atomic E-state index is 12.3. The molecule has 0 N–H and O–H groups in total. The van der Waals surface area contributed by atoms with Crippen molar-refractivity contribution in [1.29, 1.82) is 0 Å². The Hall–Kier alpha value is -2.21. The van der Waals surface area contributed by atoms with Crippen LogP contribution in [0.4, 0.5) is 0 Å². The van der Waals surface area contributed by atoms with Crippen LogP contribution < -0.4 is 0 Å². The molecule has 1 aliphatic rings. The molecule has 1 aromatic carbocycles. The zero-order valence-electron chi connectivity index (χ0n) is 15.8. The number of nitrogens with zero attached hydrogens (tertiary/aromatic N) is 3. The molecule has 26 heavy (non-hydrogen) atoms. The van der Waals surface area contributed by atoms with E-state index in [1.165, 1.54) is 0 Å². The van der Waals surface area contributed by atoms with Crippen LogP contribution in [0.2, 0.25) is 0 Å². The average molecular weight is 359 g/mol. The van der Waals surface area contributed by atoms with Crippen LogP contribution in [0, 0.1) is 0 Å². The summed E-state index contributed by atoms with van der Waals surface area (Å²) in [7, 11) is 3.90. The molecule has 0 saturated carbocycles. The number of benzene rings is 1. The molecule has 0 aromatic heterocycles. The molecule has 6 nitrogen and oxygen atoms in total. The molecule has 6 heteroatoms. The molecule has 0 radical (unpaired) electrons. The second kappa shape index (κ2) is 10.1. The molecule has 2 amide bonds. The van der Waals surface area contributed by atoms with Crippen LogP contribution in [-0.2, 0) is 9.59 Å². The fourth-order valence-corrected chi connectivity index (χ4v) is 3.01. The number of hydrogen-bond acceptors (Lipinski definition) is 4. The van der Waals surface area contributed by atoms with Gasteiger partial charge >= 0.3 is 0 Å². The van der Waals surface area contributed by atoms with E-state index >= 15 is 0 Å². The van der Waals surface area contributed by atoms with Crippen molar-refractivity contribution in [3.05, 3.63) is 35.9 Å². The molecule has 0 aliphatic carbocycles. The zero-order valence-corrected chi connectivity index (χ0v) is 15.8. The summed E-state index contributed by atoms with van der Waals surface area (Å²) in [5.41, 5.74) is 0.699. The van der Waals surface area contributed by atoms with Gasteiger partial charge in [-0.1, -0.05) is 30.3 Å². The number of carbonyl (C=O) groups is 3. The van der Waals surface area contributed by atoms with Gasteiger partial charge in [-0.15, -0.1) is 0 Å². The number of Topliss-reactive ketones (excluding diaryl/α,β-unsaturated/α-hetero) is 1. The topological polar surface area (TPSA) is 60.9 Å². The Morgan fingerprint density at radius 2 is 1.38 bits per heavy atom. The van der Waals surface area contributed by atoms with Crippen LogP contribution in [-0.4, -0.2) is 79.1 Å². The summed E-state index contributed by atoms with van der Waals surface area (Å²) in [6, 6.07) is 9.17. The van der Waals surface area contributed by atoms with Gasteiger partial charge < -0.3 is 14.7 Å². The smallest absolute Gasteiger partial charge is 0.223 e. The SMILES string of the molecule is CN(C)CCC(=O)N1CCN(C(=O)CCCC(=O)c2ccccc2)CC1. The van der Waals surface area contributed by atoms with Crippen molar-refractivity contribution in [3.8, 4) is 0 Å². The monoisotopic (exact) mass is 359 g/mol. The van der Waals surface area contributed by atoms with Crippen LogP contribution in [0.1, 0.15) is 36.0 Å². The van der Waals surface area contributed by atoms with Gasteiger partial charge in [-0.3, -0.25) is 14.4 Å². The van der Waals surface area contributed by atoms with Crippen LogP contribution in [0.5, 0.6) is 0 Å². The molecule has 1 heterocycles. The lowest BCUT2D eigenvalue weighted by Crippen LogP contribution is -2.50. The number of hydrogen-bond donors (Lipinski definition) is 0. The average Bonchev–Trinajstić information content (AvgIpc) is 2.66. The predicted molar refractivity (Wildman–Crippen MR) is 101 cm³/mol. The lowest BCUT2D eigenvalue weighted by atomic mass is 10.1. The van der Waals surface area contributed by atoms with Crippen LogP contribution in [0.25, 0.3) is 0 Å². The molecule has 0 atom stereocenters. The third kappa shape index (κ3) is 6.26. The van der Waals surface area contributed by atoms with E-state index in [-0.39, 0.29) is 17.6 Å². The van der Waals surface area contributed by atoms with Crippen molar-refractivity contribution in [3.63, 3.8) is 0 Å². The molecule has 1 saturated heterocycles. The zero-order chi connectivity index (χ0) is 18.9. The van der Waals surface area contributed by atoms with Crippen LogP contribution >= 0.6 is 0 Å². The van der Waals surface area contributed by atoms with E-state index in [4.69, 9.17) is 0 Å². The van der Waals surface area contributed by atoms with E-state index in [1.54, 1.807) is 12.1 Å². The lowest BCUT2D eigenvalue weighted by Gasteiger charge is -2.35. The van der Waals surface area contributed by atoms with E-state index in [0.29, 0.717) is 57.4 Å². The van der Waals surface area contributed by atoms with Crippen molar-refractivity contribution >= 4 is 17.6 Å². The number of amides is 2. The lowest BCUT2D eigenvalue weighted by molar-refractivity contribution is -0.139. The summed E-state index contributed by atoms with van der Waals surface area (Å²) in [5.74, 6) is 0.306. The summed E-state index contributed by atoms with van der Waals surface area (Å²) in [6.07, 6.45) is 1.85. The van der Waals surface area contributed by atoms with Gasteiger partial charge in [0, 0.05) is 57.5 Å². The highest BCUT2D eigenvalue weighted by atomic mass is 16.2. The Morgan fingerprint density at radius 3 is 1.92 bits per heavy atom. The maximum Gasteiger partial charge on any atom is 0.223 e. The highest BCUT2D eigenvalue weighted by molar-refractivity contribution is 5.96. The van der Waals surface area contributed by atoms with Gasteiger partial charge in [0.25, 0.3) is 0 Å². The fraction of sp³-hybridized carbons (Fsp3) is 0.550. The molecule has 0 bridgehead atoms. The second-order valence-electron chi connectivity index (χ2n) is 6.96. The minimum atomic E-state index is 0.0752. The minimum absolute atomic E-state index is 0.0752. The first-order chi connectivity index (χ1) is 12.5. The molecular weight excluding hydrogens is 330 g/mol. The molecule has 1 aliphatic heterocycles. The number of piperazine rings is 1. The maximum absolute atomic E-state index is 12.3. The minimum Gasteiger partial charge on any atom is -0.339 e. The van der Waals surface area contributed by atoms with Gasteiger partial charge in [-0.05, 0) is 20.5 Å². The van der Waals surface area contributed by atoms with Crippen LogP contribution in [0.15, 0.2) is 30.3 Å². The van der Waals surface area contributed by atoms with E-state index in [2.05, 4.69) is 0 Å². The van der Waals surface area contributed by atoms with Gasteiger partial charge in [-0.2, -0.15) is 0 Å². The van der Waals surface area contributed by atoms with Gasteiger partial charge in [0.2, 0.25) is 11.8 Å².